The number of carbonyl (C=O) groups excluding carboxylic acids is 1. The average molecular weight is 227 g/mol. The van der Waals surface area contributed by atoms with E-state index in [2.05, 4.69) is 15.9 Å². The molecule has 0 bridgehead atoms. The minimum Gasteiger partial charge on any atom is -0.289 e. The second kappa shape index (κ2) is 2.52. The van der Waals surface area contributed by atoms with Crippen LogP contribution in [0, 0.1) is 5.82 Å². The van der Waals surface area contributed by atoms with Crippen LogP contribution in [0.4, 0.5) is 4.39 Å². The van der Waals surface area contributed by atoms with E-state index >= 15 is 0 Å². The van der Waals surface area contributed by atoms with Gasteiger partial charge in [0.25, 0.3) is 0 Å². The van der Waals surface area contributed by atoms with Gasteiger partial charge in [0.2, 0.25) is 0 Å². The van der Waals surface area contributed by atoms with Gasteiger partial charge in [-0.2, -0.15) is 0 Å². The first-order chi connectivity index (χ1) is 5.68. The molecule has 0 atom stereocenters. The summed E-state index contributed by atoms with van der Waals surface area (Å²) in [6, 6.07) is 2.85. The Labute approximate surface area is 77.0 Å². The number of halogens is 2. The third-order valence-electron chi connectivity index (χ3n) is 1.77. The lowest BCUT2D eigenvalue weighted by atomic mass is 10.1. The normalized spacial score (nSPS) is 13.7. The van der Waals surface area contributed by atoms with Crippen molar-refractivity contribution in [2.45, 2.75) is 0 Å². The molecule has 12 heavy (non-hydrogen) atoms. The summed E-state index contributed by atoms with van der Waals surface area (Å²) in [5.41, 5.74) is 1.21. The molecular weight excluding hydrogens is 223 g/mol. The Morgan fingerprint density at radius 3 is 2.75 bits per heavy atom. The quantitative estimate of drug-likeness (QED) is 0.665. The van der Waals surface area contributed by atoms with Gasteiger partial charge in [-0.3, -0.25) is 4.79 Å². The molecule has 3 heteroatoms. The maximum atomic E-state index is 12.9. The molecule has 1 nitrogen and oxygen atoms in total. The number of rotatable bonds is 0. The fraction of sp³-hybridized carbons (Fsp3) is 0. The molecule has 2 rings (SSSR count). The van der Waals surface area contributed by atoms with Crippen molar-refractivity contribution in [3.63, 3.8) is 0 Å². The molecular formula is C9H4BrFO. The number of carbonyl (C=O) groups is 1. The molecule has 0 saturated heterocycles. The summed E-state index contributed by atoms with van der Waals surface area (Å²) in [6.45, 7) is 0. The van der Waals surface area contributed by atoms with E-state index in [4.69, 9.17) is 0 Å². The standard InChI is InChI=1S/C9H4BrFO/c10-7-3-5-1-2-9(12)6(5)4-8(7)11/h1-4H. The maximum Gasteiger partial charge on any atom is 0.186 e. The monoisotopic (exact) mass is 226 g/mol. The molecule has 0 saturated carbocycles. The lowest BCUT2D eigenvalue weighted by molar-refractivity contribution is 0.104. The highest BCUT2D eigenvalue weighted by Crippen LogP contribution is 2.25. The van der Waals surface area contributed by atoms with Crippen molar-refractivity contribution in [1.82, 2.24) is 0 Å². The molecule has 0 aliphatic heterocycles. The van der Waals surface area contributed by atoms with E-state index < -0.39 is 5.82 Å². The van der Waals surface area contributed by atoms with Crippen LogP contribution < -0.4 is 0 Å². The van der Waals surface area contributed by atoms with Crippen LogP contribution >= 0.6 is 15.9 Å². The number of hydrogen-bond donors (Lipinski definition) is 0. The van der Waals surface area contributed by atoms with Gasteiger partial charge in [-0.05, 0) is 39.7 Å². The first-order valence-corrected chi connectivity index (χ1v) is 4.19. The Hall–Kier alpha value is -0.960. The molecule has 0 heterocycles. The first kappa shape index (κ1) is 7.68. The highest BCUT2D eigenvalue weighted by molar-refractivity contribution is 9.10. The Kier molecular flexibility index (Phi) is 1.61. The minimum absolute atomic E-state index is 0.128. The number of fused-ring (bicyclic) bond motifs is 1. The zero-order chi connectivity index (χ0) is 8.72. The molecule has 1 aliphatic carbocycles. The van der Waals surface area contributed by atoms with Crippen molar-refractivity contribution in [2.75, 3.05) is 0 Å². The Morgan fingerprint density at radius 1 is 1.25 bits per heavy atom. The molecule has 0 unspecified atom stereocenters. The van der Waals surface area contributed by atoms with Crippen molar-refractivity contribution in [1.29, 1.82) is 0 Å². The Bertz CT molecular complexity index is 396. The predicted molar refractivity (Wildman–Crippen MR) is 47.5 cm³/mol. The van der Waals surface area contributed by atoms with Gasteiger partial charge in [-0.15, -0.1) is 0 Å². The summed E-state index contributed by atoms with van der Waals surface area (Å²) in [7, 11) is 0. The van der Waals surface area contributed by atoms with Crippen LogP contribution in [-0.4, -0.2) is 5.78 Å². The van der Waals surface area contributed by atoms with Gasteiger partial charge >= 0.3 is 0 Å². The van der Waals surface area contributed by atoms with E-state index in [9.17, 15) is 9.18 Å². The second-order valence-corrected chi connectivity index (χ2v) is 3.41. The van der Waals surface area contributed by atoms with Crippen molar-refractivity contribution >= 4 is 27.8 Å². The fourth-order valence-electron chi connectivity index (χ4n) is 1.17. The molecule has 1 aromatic carbocycles. The molecule has 0 radical (unpaired) electrons. The maximum absolute atomic E-state index is 12.9. The van der Waals surface area contributed by atoms with Crippen molar-refractivity contribution < 1.29 is 9.18 Å². The zero-order valence-corrected chi connectivity index (χ0v) is 7.56. The SMILES string of the molecule is O=C1C=Cc2cc(Br)c(F)cc21. The molecule has 0 spiro atoms. The smallest absolute Gasteiger partial charge is 0.186 e. The van der Waals surface area contributed by atoms with E-state index in [0.29, 0.717) is 10.0 Å². The van der Waals surface area contributed by atoms with Crippen LogP contribution in [0.2, 0.25) is 0 Å². The topological polar surface area (TPSA) is 17.1 Å². The molecule has 1 aliphatic rings. The third-order valence-corrected chi connectivity index (χ3v) is 2.38. The first-order valence-electron chi connectivity index (χ1n) is 3.40. The summed E-state index contributed by atoms with van der Waals surface area (Å²) >= 11 is 3.05. The van der Waals surface area contributed by atoms with Crippen molar-refractivity contribution in [3.05, 3.63) is 39.6 Å². The largest absolute Gasteiger partial charge is 0.289 e. The minimum atomic E-state index is -0.397. The van der Waals surface area contributed by atoms with Gasteiger partial charge in [-0.25, -0.2) is 4.39 Å². The second-order valence-electron chi connectivity index (χ2n) is 2.55. The summed E-state index contributed by atoms with van der Waals surface area (Å²) in [6.07, 6.45) is 3.12. The van der Waals surface area contributed by atoms with Crippen LogP contribution in [0.1, 0.15) is 15.9 Å². The highest BCUT2D eigenvalue weighted by atomic mass is 79.9. The lowest BCUT2D eigenvalue weighted by Gasteiger charge is -1.98. The van der Waals surface area contributed by atoms with Crippen LogP contribution in [0.15, 0.2) is 22.7 Å². The number of ketones is 1. The van der Waals surface area contributed by atoms with E-state index in [-0.39, 0.29) is 5.78 Å². The number of benzene rings is 1. The van der Waals surface area contributed by atoms with Gasteiger partial charge in [-0.1, -0.05) is 6.08 Å². The summed E-state index contributed by atoms with van der Waals surface area (Å²) in [5, 5.41) is 0. The van der Waals surface area contributed by atoms with Crippen LogP contribution in [-0.2, 0) is 0 Å². The van der Waals surface area contributed by atoms with E-state index in [1.54, 1.807) is 12.1 Å². The van der Waals surface area contributed by atoms with Gasteiger partial charge in [0, 0.05) is 5.56 Å². The molecule has 0 N–H and O–H groups in total. The van der Waals surface area contributed by atoms with Gasteiger partial charge < -0.3 is 0 Å². The van der Waals surface area contributed by atoms with E-state index in [1.165, 1.54) is 12.1 Å². The van der Waals surface area contributed by atoms with Crippen LogP contribution in [0.25, 0.3) is 6.08 Å². The van der Waals surface area contributed by atoms with Crippen molar-refractivity contribution in [3.8, 4) is 0 Å². The van der Waals surface area contributed by atoms with E-state index in [0.717, 1.165) is 5.56 Å². The fourth-order valence-corrected chi connectivity index (χ4v) is 1.53. The summed E-state index contributed by atoms with van der Waals surface area (Å²) in [5.74, 6) is -0.526. The molecule has 60 valence electrons. The van der Waals surface area contributed by atoms with E-state index in [1.807, 2.05) is 0 Å². The third kappa shape index (κ3) is 1.01. The van der Waals surface area contributed by atoms with Crippen LogP contribution in [0.5, 0.6) is 0 Å². The Balaban J connectivity index is 2.69. The highest BCUT2D eigenvalue weighted by Gasteiger charge is 2.15. The Morgan fingerprint density at radius 2 is 2.00 bits per heavy atom. The zero-order valence-electron chi connectivity index (χ0n) is 5.97. The summed E-state index contributed by atoms with van der Waals surface area (Å²) in [4.78, 5) is 11.1. The lowest BCUT2D eigenvalue weighted by Crippen LogP contribution is -1.93. The van der Waals surface area contributed by atoms with Crippen molar-refractivity contribution in [2.24, 2.45) is 0 Å². The molecule has 0 amide bonds. The number of allylic oxidation sites excluding steroid dienone is 1. The predicted octanol–water partition coefficient (Wildman–Crippen LogP) is 2.80. The van der Waals surface area contributed by atoms with Gasteiger partial charge in [0.15, 0.2) is 5.78 Å². The van der Waals surface area contributed by atoms with Gasteiger partial charge in [0.1, 0.15) is 5.82 Å². The summed E-state index contributed by atoms with van der Waals surface area (Å²) < 4.78 is 13.3. The van der Waals surface area contributed by atoms with Gasteiger partial charge in [0.05, 0.1) is 4.47 Å². The average Bonchev–Trinajstić information content (AvgIpc) is 2.35. The molecule has 0 aromatic heterocycles. The van der Waals surface area contributed by atoms with Crippen LogP contribution in [0.3, 0.4) is 0 Å². The number of hydrogen-bond acceptors (Lipinski definition) is 1. The molecule has 1 aromatic rings. The molecule has 0 fully saturated rings.